The van der Waals surface area contributed by atoms with Crippen molar-refractivity contribution in [3.05, 3.63) is 106 Å². The van der Waals surface area contributed by atoms with Crippen LogP contribution in [0.25, 0.3) is 22.1 Å². The number of carboxylic acid groups (broad SMARTS) is 2. The number of benzene rings is 2. The molecule has 6 aromatic rings. The largest absolute Gasteiger partial charge is 0.490 e. The number of halogens is 7. The second kappa shape index (κ2) is 14.7. The van der Waals surface area contributed by atoms with Crippen molar-refractivity contribution in [2.75, 3.05) is 0 Å². The number of aromatic nitrogens is 6. The van der Waals surface area contributed by atoms with Crippen molar-refractivity contribution in [3.63, 3.8) is 0 Å². The number of hydrogen-bond donors (Lipinski definition) is 8. The number of hydrogen-bond acceptors (Lipinski definition) is 8. The summed E-state index contributed by atoms with van der Waals surface area (Å²) >= 11 is 2.28. The summed E-state index contributed by atoms with van der Waals surface area (Å²) in [6.45, 7) is 0. The maximum Gasteiger partial charge on any atom is 0.490 e. The molecular weight excluding hydrogens is 857 g/mol. The average molecular weight is 881 g/mol. The van der Waals surface area contributed by atoms with Gasteiger partial charge in [0.1, 0.15) is 0 Å². The SMILES string of the molecule is Ic1ccc2nc(N=C3NC4(c5ccccn5)NC(=Nc5nc6ccccc6[nH]5)NC4(c4ccccn4)N3)[nH]c2c1.O=C(O)C(F)(F)F.O=C(O)C(F)(F)F. The van der Waals surface area contributed by atoms with E-state index in [9.17, 15) is 26.3 Å². The number of alkyl halides is 6. The van der Waals surface area contributed by atoms with Gasteiger partial charge in [0.2, 0.25) is 35.1 Å². The molecule has 2 aromatic carbocycles. The lowest BCUT2D eigenvalue weighted by atomic mass is 9.88. The van der Waals surface area contributed by atoms with Crippen LogP contribution < -0.4 is 21.3 Å². The van der Waals surface area contributed by atoms with Gasteiger partial charge in [-0.3, -0.25) is 9.97 Å². The Kier molecular flexibility index (Phi) is 10.2. The number of nitrogens with one attached hydrogen (secondary N) is 6. The number of aromatic amines is 2. The summed E-state index contributed by atoms with van der Waals surface area (Å²) in [6.07, 6.45) is -6.66. The Bertz CT molecular complexity index is 2310. The minimum Gasteiger partial charge on any atom is -0.475 e. The van der Waals surface area contributed by atoms with Crippen LogP contribution in [0.4, 0.5) is 38.2 Å². The molecule has 6 heterocycles. The number of carboxylic acids is 2. The van der Waals surface area contributed by atoms with Gasteiger partial charge in [0.25, 0.3) is 0 Å². The van der Waals surface area contributed by atoms with Gasteiger partial charge in [-0.15, -0.1) is 0 Å². The molecule has 23 heteroatoms. The minimum atomic E-state index is -5.08. The average Bonchev–Trinajstić information content (AvgIpc) is 3.88. The molecule has 16 nitrogen and oxygen atoms in total. The first-order valence-corrected chi connectivity index (χ1v) is 16.4. The number of aliphatic carboxylic acids is 2. The zero-order chi connectivity index (χ0) is 39.6. The molecular formula is C32H23F6IN12O4. The third-order valence-electron chi connectivity index (χ3n) is 7.61. The van der Waals surface area contributed by atoms with Crippen LogP contribution in [0.1, 0.15) is 11.4 Å². The van der Waals surface area contributed by atoms with E-state index in [2.05, 4.69) is 63.8 Å². The van der Waals surface area contributed by atoms with Crippen molar-refractivity contribution >= 4 is 80.4 Å². The van der Waals surface area contributed by atoms with Crippen LogP contribution in [0.5, 0.6) is 0 Å². The van der Waals surface area contributed by atoms with Crippen LogP contribution in [0.2, 0.25) is 0 Å². The number of fused-ring (bicyclic) bond motifs is 3. The minimum absolute atomic E-state index is 0.458. The van der Waals surface area contributed by atoms with Crippen LogP contribution in [-0.4, -0.2) is 76.3 Å². The van der Waals surface area contributed by atoms with E-state index in [1.165, 1.54) is 0 Å². The van der Waals surface area contributed by atoms with Crippen molar-refractivity contribution in [2.24, 2.45) is 9.98 Å². The summed E-state index contributed by atoms with van der Waals surface area (Å²) in [6, 6.07) is 25.3. The van der Waals surface area contributed by atoms with Gasteiger partial charge < -0.3 is 41.4 Å². The maximum atomic E-state index is 10.6. The molecule has 2 unspecified atom stereocenters. The van der Waals surface area contributed by atoms with E-state index in [4.69, 9.17) is 39.8 Å². The van der Waals surface area contributed by atoms with Crippen molar-refractivity contribution in [3.8, 4) is 0 Å². The van der Waals surface area contributed by atoms with Gasteiger partial charge in [0.05, 0.1) is 33.5 Å². The highest BCUT2D eigenvalue weighted by atomic mass is 127. The number of pyridine rings is 2. The first-order valence-electron chi connectivity index (χ1n) is 15.3. The molecule has 2 fully saturated rings. The van der Waals surface area contributed by atoms with Crippen LogP contribution >= 0.6 is 22.6 Å². The summed E-state index contributed by atoms with van der Waals surface area (Å²) in [4.78, 5) is 52.7. The number of aliphatic imine (C=N–C) groups is 2. The predicted octanol–water partition coefficient (Wildman–Crippen LogP) is 4.87. The molecule has 0 radical (unpaired) electrons. The molecule has 0 saturated carbocycles. The number of para-hydroxylation sites is 2. The second-order valence-corrected chi connectivity index (χ2v) is 12.5. The third-order valence-corrected chi connectivity index (χ3v) is 8.28. The fourth-order valence-corrected chi connectivity index (χ4v) is 5.85. The van der Waals surface area contributed by atoms with Crippen molar-refractivity contribution in [1.29, 1.82) is 0 Å². The summed E-state index contributed by atoms with van der Waals surface area (Å²) in [5.74, 6) is -3.66. The zero-order valence-electron chi connectivity index (χ0n) is 27.2. The maximum absolute atomic E-state index is 10.6. The Morgan fingerprint density at radius 1 is 0.618 bits per heavy atom. The van der Waals surface area contributed by atoms with Crippen LogP contribution in [-0.2, 0) is 20.9 Å². The van der Waals surface area contributed by atoms with Gasteiger partial charge in [-0.2, -0.15) is 36.3 Å². The Labute approximate surface area is 316 Å². The highest BCUT2D eigenvalue weighted by Gasteiger charge is 2.67. The number of rotatable bonds is 4. The Balaban J connectivity index is 0.000000315. The zero-order valence-corrected chi connectivity index (χ0v) is 29.4. The summed E-state index contributed by atoms with van der Waals surface area (Å²) in [7, 11) is 0. The van der Waals surface area contributed by atoms with Crippen LogP contribution in [0, 0.1) is 3.57 Å². The van der Waals surface area contributed by atoms with E-state index in [0.29, 0.717) is 35.2 Å². The molecule has 0 amide bonds. The smallest absolute Gasteiger partial charge is 0.475 e. The fourth-order valence-electron chi connectivity index (χ4n) is 5.36. The predicted molar refractivity (Wildman–Crippen MR) is 191 cm³/mol. The Hall–Kier alpha value is -6.53. The molecule has 0 aliphatic carbocycles. The second-order valence-electron chi connectivity index (χ2n) is 11.3. The molecule has 284 valence electrons. The normalized spacial score (nSPS) is 18.7. The summed E-state index contributed by atoms with van der Waals surface area (Å²) < 4.78 is 64.6. The lowest BCUT2D eigenvalue weighted by Crippen LogP contribution is -2.61. The molecule has 2 aliphatic rings. The lowest BCUT2D eigenvalue weighted by molar-refractivity contribution is -0.193. The van der Waals surface area contributed by atoms with E-state index in [0.717, 1.165) is 25.6 Å². The van der Waals surface area contributed by atoms with Gasteiger partial charge in [0, 0.05) is 16.0 Å². The molecule has 8 N–H and O–H groups in total. The molecule has 2 saturated heterocycles. The Morgan fingerprint density at radius 3 is 1.45 bits per heavy atom. The molecule has 0 bridgehead atoms. The van der Waals surface area contributed by atoms with Gasteiger partial charge >= 0.3 is 24.3 Å². The monoisotopic (exact) mass is 880 g/mol. The first-order chi connectivity index (χ1) is 26.0. The molecule has 55 heavy (non-hydrogen) atoms. The van der Waals surface area contributed by atoms with E-state index in [1.807, 2.05) is 78.9 Å². The topological polar surface area (TPSA) is 231 Å². The quantitative estimate of drug-likeness (QED) is 0.0877. The summed E-state index contributed by atoms with van der Waals surface area (Å²) in [5, 5.41) is 28.5. The van der Waals surface area contributed by atoms with Gasteiger partial charge in [-0.1, -0.05) is 24.3 Å². The van der Waals surface area contributed by atoms with Gasteiger partial charge in [-0.05, 0) is 77.2 Å². The van der Waals surface area contributed by atoms with E-state index in [1.54, 1.807) is 12.4 Å². The molecule has 4 aromatic heterocycles. The van der Waals surface area contributed by atoms with E-state index < -0.39 is 35.6 Å². The molecule has 8 rings (SSSR count). The summed E-state index contributed by atoms with van der Waals surface area (Å²) in [5.41, 5.74) is 2.71. The van der Waals surface area contributed by atoms with Crippen LogP contribution in [0.3, 0.4) is 0 Å². The van der Waals surface area contributed by atoms with Crippen molar-refractivity contribution in [1.82, 2.24) is 51.2 Å². The highest BCUT2D eigenvalue weighted by Crippen LogP contribution is 2.42. The fraction of sp³-hybridized carbons (Fsp3) is 0.125. The molecule has 0 spiro atoms. The number of carbonyl (C=O) groups is 2. The number of guanidine groups is 2. The lowest BCUT2D eigenvalue weighted by Gasteiger charge is -2.36. The number of nitrogens with zero attached hydrogens (tertiary/aromatic N) is 6. The first kappa shape index (κ1) is 38.2. The van der Waals surface area contributed by atoms with Crippen molar-refractivity contribution < 1.29 is 46.1 Å². The molecule has 2 aliphatic heterocycles. The van der Waals surface area contributed by atoms with E-state index in [-0.39, 0.29) is 0 Å². The van der Waals surface area contributed by atoms with Crippen molar-refractivity contribution in [2.45, 2.75) is 23.7 Å². The molecule has 2 atom stereocenters. The highest BCUT2D eigenvalue weighted by molar-refractivity contribution is 14.1. The van der Waals surface area contributed by atoms with Gasteiger partial charge in [0.15, 0.2) is 0 Å². The van der Waals surface area contributed by atoms with Gasteiger partial charge in [-0.25, -0.2) is 19.6 Å². The van der Waals surface area contributed by atoms with Crippen LogP contribution in [0.15, 0.2) is 101 Å². The number of imidazole rings is 2. The number of H-pyrrole nitrogens is 2. The Morgan fingerprint density at radius 2 is 1.04 bits per heavy atom. The standard InChI is InChI=1S/C28H21IN12.2C2HF3O2/c29-16-11-12-19-20(15-16)35-24(34-19)37-26-40-27(21-9-3-5-13-30-21)28(41-26,22-10-4-6-14-31-22)39-25(38-27)36-23-32-17-7-1-2-8-18(17)33-23;2*3-2(4,5)1(6)7/h1-15H,(H3,32,33,36,38,39)(H3,34,35,37,40,41);2*(H,6,7). The third kappa shape index (κ3) is 8.04. The van der Waals surface area contributed by atoms with E-state index >= 15 is 0 Å².